The molecule has 116 valence electrons. The Hall–Kier alpha value is -2.48. The second-order valence-electron chi connectivity index (χ2n) is 5.80. The molecule has 0 fully saturated rings. The topological polar surface area (TPSA) is 7.76 Å². The molecule has 0 atom stereocenters. The van der Waals surface area contributed by atoms with Crippen LogP contribution in [0.2, 0.25) is 0 Å². The molecule has 0 saturated heterocycles. The van der Waals surface area contributed by atoms with Crippen LogP contribution in [0.15, 0.2) is 54.7 Å². The zero-order chi connectivity index (χ0) is 21.6. The van der Waals surface area contributed by atoms with Crippen molar-refractivity contribution in [1.29, 1.82) is 0 Å². The van der Waals surface area contributed by atoms with Crippen molar-refractivity contribution in [2.75, 3.05) is 0 Å². The first-order chi connectivity index (χ1) is 13.4. The normalized spacial score (nSPS) is 15.8. The standard InChI is InChI=1S/C21H24N2/c1-15-9-10-18(17(3)13-15)19-7-6-8-20(23(19)5)21-14-16(2)11-12-22(21)4/h6-14H,1-5H3/q+2/i1D3,2D3. The van der Waals surface area contributed by atoms with Crippen LogP contribution in [0.5, 0.6) is 0 Å². The van der Waals surface area contributed by atoms with E-state index in [-0.39, 0.29) is 5.56 Å². The van der Waals surface area contributed by atoms with Crippen LogP contribution < -0.4 is 9.13 Å². The molecule has 0 amide bonds. The monoisotopic (exact) mass is 310 g/mol. The Labute approximate surface area is 147 Å². The molecule has 0 saturated carbocycles. The van der Waals surface area contributed by atoms with Gasteiger partial charge in [-0.15, -0.1) is 0 Å². The third kappa shape index (κ3) is 2.89. The van der Waals surface area contributed by atoms with Gasteiger partial charge in [0.25, 0.3) is 11.4 Å². The lowest BCUT2D eigenvalue weighted by Crippen LogP contribution is -2.40. The van der Waals surface area contributed by atoms with Crippen molar-refractivity contribution in [3.8, 4) is 22.6 Å². The Balaban J connectivity index is 2.16. The molecule has 0 aliphatic heterocycles. The molecule has 3 rings (SSSR count). The number of aromatic nitrogens is 2. The lowest BCUT2D eigenvalue weighted by Gasteiger charge is -2.08. The SMILES string of the molecule is [2H]C([2H])([2H])c1ccc(-c2cccc(-c3cc(C([2H])([2H])[2H])cc[n+]3C)[n+]2C)c(C)c1. The van der Waals surface area contributed by atoms with Gasteiger partial charge in [-0.2, -0.15) is 9.13 Å². The van der Waals surface area contributed by atoms with Crippen LogP contribution >= 0.6 is 0 Å². The average Bonchev–Trinajstić information content (AvgIpc) is 2.61. The molecule has 0 bridgehead atoms. The van der Waals surface area contributed by atoms with Crippen molar-refractivity contribution >= 4 is 0 Å². The number of pyridine rings is 2. The fourth-order valence-corrected chi connectivity index (χ4v) is 2.89. The molecule has 3 aromatic rings. The van der Waals surface area contributed by atoms with Gasteiger partial charge in [0, 0.05) is 38.1 Å². The smallest absolute Gasteiger partial charge is 0.196 e. The van der Waals surface area contributed by atoms with E-state index in [4.69, 9.17) is 8.22 Å². The zero-order valence-electron chi connectivity index (χ0n) is 19.6. The molecular weight excluding hydrogens is 280 g/mol. The Morgan fingerprint density at radius 3 is 2.30 bits per heavy atom. The molecule has 2 heteroatoms. The predicted octanol–water partition coefficient (Wildman–Crippen LogP) is 3.59. The van der Waals surface area contributed by atoms with E-state index in [1.54, 1.807) is 30.5 Å². The highest BCUT2D eigenvalue weighted by molar-refractivity contribution is 5.63. The minimum Gasteiger partial charge on any atom is -0.196 e. The van der Waals surface area contributed by atoms with Crippen LogP contribution in [-0.4, -0.2) is 0 Å². The lowest BCUT2D eigenvalue weighted by atomic mass is 10.0. The molecule has 0 unspecified atom stereocenters. The van der Waals surface area contributed by atoms with Gasteiger partial charge in [-0.1, -0.05) is 17.7 Å². The second-order valence-corrected chi connectivity index (χ2v) is 5.80. The van der Waals surface area contributed by atoms with Gasteiger partial charge in [0.2, 0.25) is 5.69 Å². The lowest BCUT2D eigenvalue weighted by molar-refractivity contribution is -0.685. The van der Waals surface area contributed by atoms with E-state index >= 15 is 0 Å². The summed E-state index contributed by atoms with van der Waals surface area (Å²) in [5.41, 5.74) is 4.94. The molecule has 2 heterocycles. The first-order valence-corrected chi connectivity index (χ1v) is 7.50. The third-order valence-corrected chi connectivity index (χ3v) is 4.15. The van der Waals surface area contributed by atoms with Crippen molar-refractivity contribution in [3.05, 3.63) is 71.4 Å². The second kappa shape index (κ2) is 5.96. The first-order valence-electron chi connectivity index (χ1n) is 10.5. The van der Waals surface area contributed by atoms with E-state index < -0.39 is 13.7 Å². The molecule has 0 aliphatic rings. The molecule has 0 N–H and O–H groups in total. The molecule has 2 nitrogen and oxygen atoms in total. The van der Waals surface area contributed by atoms with Crippen molar-refractivity contribution in [2.24, 2.45) is 14.1 Å². The highest BCUT2D eigenvalue weighted by Gasteiger charge is 2.23. The summed E-state index contributed by atoms with van der Waals surface area (Å²) in [5.74, 6) is 0. The summed E-state index contributed by atoms with van der Waals surface area (Å²) in [6.07, 6.45) is 1.75. The highest BCUT2D eigenvalue weighted by atomic mass is 15.0. The average molecular weight is 310 g/mol. The van der Waals surface area contributed by atoms with Crippen LogP contribution in [0.3, 0.4) is 0 Å². The summed E-state index contributed by atoms with van der Waals surface area (Å²) in [7, 11) is 3.80. The molecular formula is C21H24N2+2. The van der Waals surface area contributed by atoms with Gasteiger partial charge >= 0.3 is 0 Å². The first kappa shape index (κ1) is 9.61. The van der Waals surface area contributed by atoms with Crippen molar-refractivity contribution in [2.45, 2.75) is 20.6 Å². The fraction of sp³-hybridized carbons (Fsp3) is 0.238. The van der Waals surface area contributed by atoms with Crippen LogP contribution in [0.25, 0.3) is 22.6 Å². The minimum absolute atomic E-state index is 0.286. The summed E-state index contributed by atoms with van der Waals surface area (Å²) in [6, 6.07) is 14.3. The minimum atomic E-state index is -2.18. The van der Waals surface area contributed by atoms with E-state index in [1.165, 1.54) is 0 Å². The third-order valence-electron chi connectivity index (χ3n) is 4.15. The largest absolute Gasteiger partial charge is 0.277 e. The maximum atomic E-state index is 7.70. The maximum absolute atomic E-state index is 7.70. The van der Waals surface area contributed by atoms with Crippen LogP contribution in [-0.2, 0) is 14.1 Å². The van der Waals surface area contributed by atoms with Gasteiger partial charge in [0.05, 0.1) is 0 Å². The molecule has 0 aliphatic carbocycles. The summed E-state index contributed by atoms with van der Waals surface area (Å²) in [5, 5.41) is 0. The van der Waals surface area contributed by atoms with Gasteiger partial charge in [0.15, 0.2) is 6.20 Å². The van der Waals surface area contributed by atoms with E-state index in [1.807, 2.05) is 54.4 Å². The summed E-state index contributed by atoms with van der Waals surface area (Å²) < 4.78 is 49.8. The number of rotatable bonds is 2. The quantitative estimate of drug-likeness (QED) is 0.639. The Kier molecular flexibility index (Phi) is 2.49. The van der Waals surface area contributed by atoms with Crippen molar-refractivity contribution < 1.29 is 17.4 Å². The van der Waals surface area contributed by atoms with Crippen LogP contribution in [0.4, 0.5) is 0 Å². The Morgan fingerprint density at radius 1 is 0.826 bits per heavy atom. The van der Waals surface area contributed by atoms with E-state index in [0.717, 1.165) is 28.2 Å². The summed E-state index contributed by atoms with van der Waals surface area (Å²) >= 11 is 0. The number of benzene rings is 1. The van der Waals surface area contributed by atoms with E-state index in [9.17, 15) is 0 Å². The molecule has 1 aromatic carbocycles. The molecule has 2 aromatic heterocycles. The maximum Gasteiger partial charge on any atom is 0.277 e. The van der Waals surface area contributed by atoms with Gasteiger partial charge < -0.3 is 0 Å². The van der Waals surface area contributed by atoms with Gasteiger partial charge in [-0.25, -0.2) is 0 Å². The van der Waals surface area contributed by atoms with E-state index in [0.29, 0.717) is 5.56 Å². The fourth-order valence-electron chi connectivity index (χ4n) is 2.89. The summed E-state index contributed by atoms with van der Waals surface area (Å²) in [6.45, 7) is -2.43. The summed E-state index contributed by atoms with van der Waals surface area (Å²) in [4.78, 5) is 0. The van der Waals surface area contributed by atoms with Crippen LogP contribution in [0.1, 0.15) is 24.9 Å². The molecule has 23 heavy (non-hydrogen) atoms. The number of aryl methyl sites for hydroxylation is 4. The predicted molar refractivity (Wildman–Crippen MR) is 93.9 cm³/mol. The van der Waals surface area contributed by atoms with Crippen molar-refractivity contribution in [1.82, 2.24) is 0 Å². The highest BCUT2D eigenvalue weighted by Crippen LogP contribution is 2.23. The van der Waals surface area contributed by atoms with E-state index in [2.05, 4.69) is 0 Å². The number of nitrogens with zero attached hydrogens (tertiary/aromatic N) is 2. The van der Waals surface area contributed by atoms with Gasteiger partial charge in [0.1, 0.15) is 14.1 Å². The zero-order valence-corrected chi connectivity index (χ0v) is 13.6. The Morgan fingerprint density at radius 2 is 1.57 bits per heavy atom. The Bertz CT molecular complexity index is 1070. The van der Waals surface area contributed by atoms with Crippen molar-refractivity contribution in [3.63, 3.8) is 0 Å². The molecule has 0 radical (unpaired) electrons. The molecule has 0 spiro atoms. The number of hydrogen-bond donors (Lipinski definition) is 0. The van der Waals surface area contributed by atoms with Gasteiger partial charge in [-0.05, 0) is 43.9 Å². The van der Waals surface area contributed by atoms with Gasteiger partial charge in [-0.3, -0.25) is 0 Å². The van der Waals surface area contributed by atoms with Crippen LogP contribution in [0, 0.1) is 20.6 Å². The number of hydrogen-bond acceptors (Lipinski definition) is 0.